The van der Waals surface area contributed by atoms with Gasteiger partial charge in [-0.2, -0.15) is 0 Å². The highest BCUT2D eigenvalue weighted by Gasteiger charge is 2.12. The molecule has 1 rings (SSSR count). The van der Waals surface area contributed by atoms with Crippen LogP contribution in [0.25, 0.3) is 0 Å². The van der Waals surface area contributed by atoms with Crippen LogP contribution in [-0.4, -0.2) is 18.2 Å². The van der Waals surface area contributed by atoms with Gasteiger partial charge in [0.15, 0.2) is 5.78 Å². The van der Waals surface area contributed by atoms with Crippen molar-refractivity contribution >= 4 is 33.3 Å². The summed E-state index contributed by atoms with van der Waals surface area (Å²) in [6, 6.07) is 5.19. The summed E-state index contributed by atoms with van der Waals surface area (Å²) in [7, 11) is 1.53. The summed E-state index contributed by atoms with van der Waals surface area (Å²) in [5.74, 6) is 0.554. The Morgan fingerprint density at radius 2 is 2.29 bits per heavy atom. The molecular weight excluding hydrogens is 267 g/mol. The number of Topliss-reactive ketones (excluding diaryl/α,β-unsaturated/α-hetero) is 1. The van der Waals surface area contributed by atoms with Crippen LogP contribution in [0.15, 0.2) is 18.2 Å². The topological polar surface area (TPSA) is 26.3 Å². The second-order valence-corrected chi connectivity index (χ2v) is 3.85. The summed E-state index contributed by atoms with van der Waals surface area (Å²) in [4.78, 5) is 11.6. The number of rotatable bonds is 4. The van der Waals surface area contributed by atoms with Gasteiger partial charge in [-0.05, 0) is 12.1 Å². The van der Waals surface area contributed by atoms with Gasteiger partial charge in [-0.1, -0.05) is 33.6 Å². The van der Waals surface area contributed by atoms with Crippen molar-refractivity contribution in [1.82, 2.24) is 0 Å². The predicted molar refractivity (Wildman–Crippen MR) is 60.7 cm³/mol. The van der Waals surface area contributed by atoms with Crippen molar-refractivity contribution < 1.29 is 9.53 Å². The van der Waals surface area contributed by atoms with Crippen LogP contribution in [-0.2, 0) is 0 Å². The molecule has 0 atom stereocenters. The van der Waals surface area contributed by atoms with Crippen LogP contribution in [0.4, 0.5) is 0 Å². The Bertz CT molecular complexity index is 339. The first-order chi connectivity index (χ1) is 6.70. The van der Waals surface area contributed by atoms with E-state index in [0.29, 0.717) is 28.1 Å². The van der Waals surface area contributed by atoms with Crippen molar-refractivity contribution in [2.45, 2.75) is 6.42 Å². The maximum atomic E-state index is 11.6. The van der Waals surface area contributed by atoms with E-state index in [1.165, 1.54) is 7.11 Å². The lowest BCUT2D eigenvalue weighted by Gasteiger charge is -2.06. The molecule has 0 aliphatic carbocycles. The largest absolute Gasteiger partial charge is 0.495 e. The molecule has 0 N–H and O–H groups in total. The van der Waals surface area contributed by atoms with Crippen LogP contribution in [0, 0.1) is 0 Å². The van der Waals surface area contributed by atoms with Crippen molar-refractivity contribution in [3.8, 4) is 5.75 Å². The molecule has 0 aliphatic rings. The summed E-state index contributed by atoms with van der Waals surface area (Å²) < 4.78 is 5.02. The average Bonchev–Trinajstić information content (AvgIpc) is 2.18. The van der Waals surface area contributed by atoms with Gasteiger partial charge in [-0.25, -0.2) is 0 Å². The SMILES string of the molecule is COc1cccc(C(=O)CCBr)c1Cl. The molecular formula is C10H10BrClO2. The van der Waals surface area contributed by atoms with Crippen LogP contribution in [0.5, 0.6) is 5.75 Å². The van der Waals surface area contributed by atoms with Gasteiger partial charge in [0.05, 0.1) is 12.1 Å². The molecule has 1 aromatic carbocycles. The number of carbonyl (C=O) groups excluding carboxylic acids is 1. The van der Waals surface area contributed by atoms with E-state index in [-0.39, 0.29) is 5.78 Å². The summed E-state index contributed by atoms with van der Waals surface area (Å²) in [5, 5.41) is 1.03. The van der Waals surface area contributed by atoms with Crippen molar-refractivity contribution in [2.24, 2.45) is 0 Å². The number of hydrogen-bond acceptors (Lipinski definition) is 2. The molecule has 2 nitrogen and oxygen atoms in total. The molecule has 4 heteroatoms. The minimum atomic E-state index is 0.0192. The van der Waals surface area contributed by atoms with Gasteiger partial charge in [0.1, 0.15) is 5.75 Å². The number of ketones is 1. The smallest absolute Gasteiger partial charge is 0.165 e. The van der Waals surface area contributed by atoms with Crippen LogP contribution >= 0.6 is 27.5 Å². The molecule has 0 spiro atoms. The van der Waals surface area contributed by atoms with Gasteiger partial charge in [0.25, 0.3) is 0 Å². The Morgan fingerprint density at radius 3 is 2.86 bits per heavy atom. The number of benzene rings is 1. The van der Waals surface area contributed by atoms with Gasteiger partial charge in [0, 0.05) is 17.3 Å². The molecule has 1 aromatic rings. The third-order valence-corrected chi connectivity index (χ3v) is 2.59. The fraction of sp³-hybridized carbons (Fsp3) is 0.300. The van der Waals surface area contributed by atoms with E-state index in [9.17, 15) is 4.79 Å². The molecule has 0 radical (unpaired) electrons. The zero-order valence-electron chi connectivity index (χ0n) is 7.72. The number of alkyl halides is 1. The normalized spacial score (nSPS) is 9.93. The molecule has 0 aliphatic heterocycles. The average molecular weight is 278 g/mol. The highest BCUT2D eigenvalue weighted by molar-refractivity contribution is 9.09. The standard InChI is InChI=1S/C10H10BrClO2/c1-14-9-4-2-3-7(10(9)12)8(13)5-6-11/h2-4H,5-6H2,1H3. The zero-order valence-corrected chi connectivity index (χ0v) is 10.1. The van der Waals surface area contributed by atoms with Crippen molar-refractivity contribution in [1.29, 1.82) is 0 Å². The van der Waals surface area contributed by atoms with Gasteiger partial charge in [-0.3, -0.25) is 4.79 Å². The molecule has 0 fully saturated rings. The van der Waals surface area contributed by atoms with Gasteiger partial charge in [-0.15, -0.1) is 0 Å². The Hall–Kier alpha value is -0.540. The number of hydrogen-bond donors (Lipinski definition) is 0. The van der Waals surface area contributed by atoms with E-state index in [0.717, 1.165) is 0 Å². The molecule has 0 saturated heterocycles. The second kappa shape index (κ2) is 5.37. The van der Waals surface area contributed by atoms with Crippen molar-refractivity contribution in [3.05, 3.63) is 28.8 Å². The molecule has 0 aromatic heterocycles. The van der Waals surface area contributed by atoms with Crippen LogP contribution in [0.2, 0.25) is 5.02 Å². The van der Waals surface area contributed by atoms with E-state index in [1.54, 1.807) is 18.2 Å². The van der Waals surface area contributed by atoms with Gasteiger partial charge >= 0.3 is 0 Å². The Balaban J connectivity index is 3.03. The highest BCUT2D eigenvalue weighted by Crippen LogP contribution is 2.28. The van der Waals surface area contributed by atoms with E-state index >= 15 is 0 Å². The summed E-state index contributed by atoms with van der Waals surface area (Å²) in [6.45, 7) is 0. The molecule has 0 unspecified atom stereocenters. The Kier molecular flexibility index (Phi) is 4.42. The number of methoxy groups -OCH3 is 1. The minimum absolute atomic E-state index is 0.0192. The Labute approximate surface area is 96.3 Å². The number of ether oxygens (including phenoxy) is 1. The quantitative estimate of drug-likeness (QED) is 0.623. The van der Waals surface area contributed by atoms with E-state index in [1.807, 2.05) is 0 Å². The van der Waals surface area contributed by atoms with Crippen molar-refractivity contribution in [2.75, 3.05) is 12.4 Å². The zero-order chi connectivity index (χ0) is 10.6. The van der Waals surface area contributed by atoms with Crippen LogP contribution < -0.4 is 4.74 Å². The van der Waals surface area contributed by atoms with Crippen molar-refractivity contribution in [3.63, 3.8) is 0 Å². The fourth-order valence-electron chi connectivity index (χ4n) is 1.10. The van der Waals surface area contributed by atoms with Crippen LogP contribution in [0.3, 0.4) is 0 Å². The van der Waals surface area contributed by atoms with E-state index in [2.05, 4.69) is 15.9 Å². The molecule has 76 valence electrons. The predicted octanol–water partition coefficient (Wildman–Crippen LogP) is 3.32. The first kappa shape index (κ1) is 11.5. The number of halogens is 2. The third-order valence-electron chi connectivity index (χ3n) is 1.81. The van der Waals surface area contributed by atoms with E-state index in [4.69, 9.17) is 16.3 Å². The molecule has 0 heterocycles. The van der Waals surface area contributed by atoms with Crippen LogP contribution in [0.1, 0.15) is 16.8 Å². The summed E-state index contributed by atoms with van der Waals surface area (Å²) >= 11 is 9.19. The summed E-state index contributed by atoms with van der Waals surface area (Å²) in [5.41, 5.74) is 0.519. The fourth-order valence-corrected chi connectivity index (χ4v) is 1.77. The van der Waals surface area contributed by atoms with E-state index < -0.39 is 0 Å². The van der Waals surface area contributed by atoms with Gasteiger partial charge in [0.2, 0.25) is 0 Å². The highest BCUT2D eigenvalue weighted by atomic mass is 79.9. The first-order valence-electron chi connectivity index (χ1n) is 4.12. The molecule has 14 heavy (non-hydrogen) atoms. The molecule has 0 saturated carbocycles. The molecule has 0 amide bonds. The monoisotopic (exact) mass is 276 g/mol. The first-order valence-corrected chi connectivity index (χ1v) is 5.62. The molecule has 0 bridgehead atoms. The maximum absolute atomic E-state index is 11.6. The summed E-state index contributed by atoms with van der Waals surface area (Å²) in [6.07, 6.45) is 0.437. The minimum Gasteiger partial charge on any atom is -0.495 e. The maximum Gasteiger partial charge on any atom is 0.165 e. The lowest BCUT2D eigenvalue weighted by molar-refractivity contribution is 0.0989. The lowest BCUT2D eigenvalue weighted by Crippen LogP contribution is -2.01. The Morgan fingerprint density at radius 1 is 1.57 bits per heavy atom. The second-order valence-electron chi connectivity index (χ2n) is 2.68. The third kappa shape index (κ3) is 2.49. The van der Waals surface area contributed by atoms with Gasteiger partial charge < -0.3 is 4.74 Å². The number of carbonyl (C=O) groups is 1. The lowest BCUT2D eigenvalue weighted by atomic mass is 10.1.